The number of fused-ring (bicyclic) bond motifs is 1. The summed E-state index contributed by atoms with van der Waals surface area (Å²) in [5.41, 5.74) is 2.70. The predicted molar refractivity (Wildman–Crippen MR) is 123 cm³/mol. The first-order chi connectivity index (χ1) is 15.5. The zero-order valence-corrected chi connectivity index (χ0v) is 17.6. The minimum absolute atomic E-state index is 0.0441. The molecule has 1 aliphatic heterocycles. The summed E-state index contributed by atoms with van der Waals surface area (Å²) in [6.45, 7) is 5.35. The summed E-state index contributed by atoms with van der Waals surface area (Å²) >= 11 is 1.50. The highest BCUT2D eigenvalue weighted by Crippen LogP contribution is 2.27. The number of para-hydroxylation sites is 2. The number of carbonyl (C=O) groups excluding carboxylic acids is 2. The molecule has 0 saturated heterocycles. The van der Waals surface area contributed by atoms with Crippen molar-refractivity contribution in [1.29, 1.82) is 0 Å². The summed E-state index contributed by atoms with van der Waals surface area (Å²) in [6.07, 6.45) is 1.41. The van der Waals surface area contributed by atoms with Crippen LogP contribution in [0.5, 0.6) is 0 Å². The molecule has 4 aromatic rings. The van der Waals surface area contributed by atoms with Gasteiger partial charge >= 0.3 is 0 Å². The third-order valence-corrected chi connectivity index (χ3v) is 5.65. The molecule has 0 saturated carbocycles. The number of benzene rings is 1. The van der Waals surface area contributed by atoms with Crippen molar-refractivity contribution in [3.05, 3.63) is 71.9 Å². The fraction of sp³-hybridized carbons (Fsp3) is 0.0455. The lowest BCUT2D eigenvalue weighted by Gasteiger charge is -2.12. The maximum atomic E-state index is 13.0. The summed E-state index contributed by atoms with van der Waals surface area (Å²) in [5.74, 6) is -0.639. The van der Waals surface area contributed by atoms with Gasteiger partial charge < -0.3 is 5.32 Å². The van der Waals surface area contributed by atoms with Gasteiger partial charge in [0.1, 0.15) is 17.2 Å². The highest BCUT2D eigenvalue weighted by atomic mass is 32.1. The molecule has 0 aliphatic carbocycles. The minimum Gasteiger partial charge on any atom is -0.305 e. The summed E-state index contributed by atoms with van der Waals surface area (Å²) in [6, 6.07) is 12.8. The monoisotopic (exact) mass is 441 g/mol. The third kappa shape index (κ3) is 3.52. The van der Waals surface area contributed by atoms with E-state index in [0.29, 0.717) is 28.3 Å². The van der Waals surface area contributed by atoms with Gasteiger partial charge in [-0.1, -0.05) is 24.8 Å². The van der Waals surface area contributed by atoms with Crippen molar-refractivity contribution in [2.24, 2.45) is 9.98 Å². The van der Waals surface area contributed by atoms with E-state index in [-0.39, 0.29) is 17.2 Å². The van der Waals surface area contributed by atoms with Crippen LogP contribution in [0.3, 0.4) is 0 Å². The molecule has 0 unspecified atom stereocenters. The van der Waals surface area contributed by atoms with Crippen LogP contribution < -0.4 is 5.32 Å². The second-order valence-electron chi connectivity index (χ2n) is 6.89. The molecule has 0 bridgehead atoms. The molecule has 5 rings (SSSR count). The van der Waals surface area contributed by atoms with Crippen molar-refractivity contribution in [3.63, 3.8) is 0 Å². The number of hydrogen-bond acceptors (Lipinski definition) is 7. The molecular formula is C22H15N7O2S. The smallest absolute Gasteiger partial charge is 0.281 e. The third-order valence-electron chi connectivity index (χ3n) is 4.76. The predicted octanol–water partition coefficient (Wildman–Crippen LogP) is 3.57. The van der Waals surface area contributed by atoms with Crippen LogP contribution in [0.25, 0.3) is 21.6 Å². The lowest BCUT2D eigenvalue weighted by Crippen LogP contribution is -2.25. The van der Waals surface area contributed by atoms with Crippen molar-refractivity contribution in [2.75, 3.05) is 5.32 Å². The summed E-state index contributed by atoms with van der Waals surface area (Å²) in [4.78, 5) is 43.0. The normalized spacial score (nSPS) is 13.8. The van der Waals surface area contributed by atoms with Crippen molar-refractivity contribution < 1.29 is 9.59 Å². The second-order valence-corrected chi connectivity index (χ2v) is 7.84. The molecule has 3 aromatic heterocycles. The van der Waals surface area contributed by atoms with E-state index in [9.17, 15) is 9.59 Å². The van der Waals surface area contributed by atoms with Gasteiger partial charge in [-0.25, -0.2) is 9.98 Å². The maximum Gasteiger partial charge on any atom is 0.281 e. The Morgan fingerprint density at radius 1 is 1.12 bits per heavy atom. The highest BCUT2D eigenvalue weighted by Gasteiger charge is 2.23. The average Bonchev–Trinajstić information content (AvgIpc) is 3.47. The van der Waals surface area contributed by atoms with Crippen molar-refractivity contribution in [3.8, 4) is 10.6 Å². The van der Waals surface area contributed by atoms with Crippen LogP contribution in [0.4, 0.5) is 5.82 Å². The lowest BCUT2D eigenvalue weighted by atomic mass is 10.2. The van der Waals surface area contributed by atoms with Gasteiger partial charge in [0.2, 0.25) is 0 Å². The summed E-state index contributed by atoms with van der Waals surface area (Å²) in [5, 5.41) is 9.24. The molecule has 0 spiro atoms. The molecule has 156 valence electrons. The Hall–Kier alpha value is -4.31. The number of nitrogens with zero attached hydrogens (tertiary/aromatic N) is 6. The number of amides is 2. The van der Waals surface area contributed by atoms with Gasteiger partial charge in [0.25, 0.3) is 17.8 Å². The molecular weight excluding hydrogens is 426 g/mol. The number of rotatable bonds is 3. The van der Waals surface area contributed by atoms with E-state index in [1.54, 1.807) is 19.1 Å². The Kier molecular flexibility index (Phi) is 4.75. The van der Waals surface area contributed by atoms with E-state index >= 15 is 0 Å². The van der Waals surface area contributed by atoms with E-state index in [4.69, 9.17) is 0 Å². The zero-order chi connectivity index (χ0) is 22.2. The number of nitrogens with one attached hydrogen (secondary N) is 1. The van der Waals surface area contributed by atoms with Gasteiger partial charge in [-0.15, -0.1) is 11.3 Å². The first-order valence-corrected chi connectivity index (χ1v) is 10.4. The Morgan fingerprint density at radius 2 is 1.94 bits per heavy atom. The fourth-order valence-electron chi connectivity index (χ4n) is 3.06. The van der Waals surface area contributed by atoms with Gasteiger partial charge in [-0.3, -0.25) is 14.6 Å². The molecule has 0 radical (unpaired) electrons. The van der Waals surface area contributed by atoms with Gasteiger partial charge in [0.05, 0.1) is 33.4 Å². The van der Waals surface area contributed by atoms with Crippen LogP contribution in [0.15, 0.2) is 76.2 Å². The number of aliphatic imine (C=N–C) groups is 2. The van der Waals surface area contributed by atoms with E-state index in [1.807, 2.05) is 35.7 Å². The second kappa shape index (κ2) is 7.75. The summed E-state index contributed by atoms with van der Waals surface area (Å²) < 4.78 is 1.33. The molecule has 9 nitrogen and oxygen atoms in total. The maximum absolute atomic E-state index is 13.0. The average molecular weight is 441 g/mol. The van der Waals surface area contributed by atoms with E-state index in [0.717, 1.165) is 4.88 Å². The highest BCUT2D eigenvalue weighted by molar-refractivity contribution is 7.13. The first-order valence-electron chi connectivity index (χ1n) is 9.54. The van der Waals surface area contributed by atoms with Crippen LogP contribution in [-0.2, 0) is 4.79 Å². The largest absolute Gasteiger partial charge is 0.305 e. The fourth-order valence-corrected chi connectivity index (χ4v) is 3.75. The number of aromatic nitrogens is 4. The van der Waals surface area contributed by atoms with Crippen LogP contribution in [0, 0.1) is 0 Å². The number of thiophene rings is 1. The minimum atomic E-state index is -0.502. The van der Waals surface area contributed by atoms with Gasteiger partial charge in [-0.05, 0) is 30.5 Å². The molecule has 32 heavy (non-hydrogen) atoms. The SMILES string of the molecule is C=C1C(=O)N=C(n2nc(-c3cccs3)cc2NC(=O)c2cnc3ccccc3n2)N=C1C. The Bertz CT molecular complexity index is 1460. The van der Waals surface area contributed by atoms with Crippen molar-refractivity contribution in [2.45, 2.75) is 6.92 Å². The lowest BCUT2D eigenvalue weighted by molar-refractivity contribution is -0.113. The zero-order valence-electron chi connectivity index (χ0n) is 16.8. The molecule has 4 heterocycles. The van der Waals surface area contributed by atoms with Crippen molar-refractivity contribution in [1.82, 2.24) is 19.7 Å². The van der Waals surface area contributed by atoms with E-state index in [1.165, 1.54) is 22.2 Å². The summed E-state index contributed by atoms with van der Waals surface area (Å²) in [7, 11) is 0. The van der Waals surface area contributed by atoms with Crippen LogP contribution in [0.2, 0.25) is 0 Å². The molecule has 1 N–H and O–H groups in total. The number of anilines is 1. The molecule has 1 aliphatic rings. The Morgan fingerprint density at radius 3 is 2.69 bits per heavy atom. The number of carbonyl (C=O) groups is 2. The topological polar surface area (TPSA) is 114 Å². The Labute approximate surface area is 185 Å². The van der Waals surface area contributed by atoms with Crippen LogP contribution >= 0.6 is 11.3 Å². The molecule has 2 amide bonds. The van der Waals surface area contributed by atoms with Gasteiger partial charge in [0.15, 0.2) is 0 Å². The van der Waals surface area contributed by atoms with E-state index < -0.39 is 11.8 Å². The molecule has 0 atom stereocenters. The van der Waals surface area contributed by atoms with Crippen LogP contribution in [-0.4, -0.2) is 43.2 Å². The molecule has 1 aromatic carbocycles. The van der Waals surface area contributed by atoms with Crippen molar-refractivity contribution >= 4 is 51.7 Å². The molecule has 10 heteroatoms. The standard InChI is InChI=1S/C22H15N7O2S/c1-12-13(2)24-22(27-20(12)30)29-19(10-16(28-29)18-8-5-9-32-18)26-21(31)17-11-23-14-6-3-4-7-15(14)25-17/h3-11H,1H2,2H3,(H,26,31). The first kappa shape index (κ1) is 19.6. The Balaban J connectivity index is 1.55. The van der Waals surface area contributed by atoms with Crippen LogP contribution in [0.1, 0.15) is 17.4 Å². The quantitative estimate of drug-likeness (QED) is 0.488. The van der Waals surface area contributed by atoms with E-state index in [2.05, 4.69) is 36.9 Å². The van der Waals surface area contributed by atoms with Gasteiger partial charge in [-0.2, -0.15) is 14.8 Å². The molecule has 0 fully saturated rings. The van der Waals surface area contributed by atoms with Gasteiger partial charge in [0, 0.05) is 6.07 Å². The number of hydrogen-bond donors (Lipinski definition) is 1.